The molecule has 1 atom stereocenters. The third-order valence-electron chi connectivity index (χ3n) is 3.77. The molecule has 0 saturated heterocycles. The summed E-state index contributed by atoms with van der Waals surface area (Å²) in [5.41, 5.74) is 2.49. The lowest BCUT2D eigenvalue weighted by atomic mass is 9.98. The second kappa shape index (κ2) is 7.83. The van der Waals surface area contributed by atoms with Gasteiger partial charge in [0, 0.05) is 17.8 Å². The normalized spacial score (nSPS) is 11.7. The van der Waals surface area contributed by atoms with E-state index in [0.717, 1.165) is 11.1 Å². The Morgan fingerprint density at radius 2 is 2.08 bits per heavy atom. The first-order chi connectivity index (χ1) is 12.5. The molecule has 0 fully saturated rings. The second-order valence-corrected chi connectivity index (χ2v) is 6.47. The van der Waals surface area contributed by atoms with E-state index in [1.54, 1.807) is 24.0 Å². The number of carboxylic acid groups (broad SMARTS) is 1. The number of nitrogens with zero attached hydrogens (tertiary/aromatic N) is 3. The van der Waals surface area contributed by atoms with Crippen LogP contribution in [0.1, 0.15) is 34.1 Å². The van der Waals surface area contributed by atoms with Crippen LogP contribution in [0.25, 0.3) is 10.7 Å². The molecule has 0 radical (unpaired) electrons. The van der Waals surface area contributed by atoms with Gasteiger partial charge in [0.25, 0.3) is 5.91 Å². The van der Waals surface area contributed by atoms with Crippen LogP contribution in [0.2, 0.25) is 0 Å². The van der Waals surface area contributed by atoms with Gasteiger partial charge in [0.15, 0.2) is 0 Å². The van der Waals surface area contributed by atoms with E-state index in [9.17, 15) is 14.7 Å². The number of carboxylic acids is 1. The van der Waals surface area contributed by atoms with E-state index >= 15 is 0 Å². The van der Waals surface area contributed by atoms with Crippen molar-refractivity contribution in [1.82, 2.24) is 20.3 Å². The Labute approximate surface area is 153 Å². The molecule has 2 N–H and O–H groups in total. The van der Waals surface area contributed by atoms with Gasteiger partial charge in [-0.25, -0.2) is 4.98 Å². The summed E-state index contributed by atoms with van der Waals surface area (Å²) in [4.78, 5) is 36.2. The Morgan fingerprint density at radius 3 is 2.77 bits per heavy atom. The van der Waals surface area contributed by atoms with E-state index in [-0.39, 0.29) is 12.1 Å². The number of hydrogen-bond donors (Lipinski definition) is 2. The molecular weight excluding hydrogens is 352 g/mol. The molecule has 132 valence electrons. The topological polar surface area (TPSA) is 105 Å². The maximum atomic E-state index is 12.6. The van der Waals surface area contributed by atoms with Crippen molar-refractivity contribution in [2.24, 2.45) is 0 Å². The van der Waals surface area contributed by atoms with Gasteiger partial charge in [-0.15, -0.1) is 11.3 Å². The number of hydrogen-bond acceptors (Lipinski definition) is 6. The van der Waals surface area contributed by atoms with Gasteiger partial charge in [0.1, 0.15) is 16.4 Å². The Bertz CT molecular complexity index is 927. The summed E-state index contributed by atoms with van der Waals surface area (Å²) >= 11 is 1.28. The minimum Gasteiger partial charge on any atom is -0.481 e. The predicted octanol–water partition coefficient (Wildman–Crippen LogP) is 2.85. The number of amides is 1. The van der Waals surface area contributed by atoms with Crippen LogP contribution >= 0.6 is 11.3 Å². The molecule has 26 heavy (non-hydrogen) atoms. The van der Waals surface area contributed by atoms with E-state index in [1.165, 1.54) is 11.3 Å². The lowest BCUT2D eigenvalue weighted by Gasteiger charge is -2.18. The average Bonchev–Trinajstić information content (AvgIpc) is 3.12. The van der Waals surface area contributed by atoms with Crippen molar-refractivity contribution in [3.63, 3.8) is 0 Å². The van der Waals surface area contributed by atoms with Crippen LogP contribution in [0.4, 0.5) is 0 Å². The molecule has 2 heterocycles. The van der Waals surface area contributed by atoms with Gasteiger partial charge in [0.2, 0.25) is 0 Å². The van der Waals surface area contributed by atoms with Crippen LogP contribution in [-0.4, -0.2) is 31.9 Å². The maximum Gasteiger partial charge on any atom is 0.305 e. The Morgan fingerprint density at radius 1 is 1.27 bits per heavy atom. The number of benzene rings is 1. The number of carbonyl (C=O) groups excluding carboxylic acids is 1. The Hall–Kier alpha value is -3.13. The monoisotopic (exact) mass is 368 g/mol. The van der Waals surface area contributed by atoms with Crippen molar-refractivity contribution in [2.75, 3.05) is 0 Å². The summed E-state index contributed by atoms with van der Waals surface area (Å²) in [5, 5.41) is 14.2. The number of aryl methyl sites for hydroxylation is 1. The number of rotatable bonds is 6. The van der Waals surface area contributed by atoms with Crippen LogP contribution in [0.15, 0.2) is 48.2 Å². The molecule has 3 rings (SSSR count). The first-order valence-corrected chi connectivity index (χ1v) is 8.72. The van der Waals surface area contributed by atoms with E-state index in [0.29, 0.717) is 10.7 Å². The Balaban J connectivity index is 1.81. The predicted molar refractivity (Wildman–Crippen MR) is 96.8 cm³/mol. The maximum absolute atomic E-state index is 12.6. The highest BCUT2D eigenvalue weighted by atomic mass is 32.1. The zero-order chi connectivity index (χ0) is 18.5. The van der Waals surface area contributed by atoms with Gasteiger partial charge >= 0.3 is 5.97 Å². The van der Waals surface area contributed by atoms with E-state index in [1.807, 2.05) is 31.2 Å². The SMILES string of the molecule is Cc1ccccc1C(CC(=O)O)NC(=O)c1csc(-c2cnccn2)n1. The summed E-state index contributed by atoms with van der Waals surface area (Å²) < 4.78 is 0. The molecule has 1 unspecified atom stereocenters. The highest BCUT2D eigenvalue weighted by Gasteiger charge is 2.22. The minimum absolute atomic E-state index is 0.211. The van der Waals surface area contributed by atoms with Gasteiger partial charge in [-0.05, 0) is 18.1 Å². The highest BCUT2D eigenvalue weighted by molar-refractivity contribution is 7.13. The van der Waals surface area contributed by atoms with Crippen LogP contribution < -0.4 is 5.32 Å². The Kier molecular flexibility index (Phi) is 5.33. The minimum atomic E-state index is -0.989. The number of thiazole rings is 1. The second-order valence-electron chi connectivity index (χ2n) is 5.61. The lowest BCUT2D eigenvalue weighted by Crippen LogP contribution is -2.30. The molecule has 1 amide bonds. The van der Waals surface area contributed by atoms with Crippen LogP contribution in [-0.2, 0) is 4.79 Å². The third kappa shape index (κ3) is 4.09. The molecule has 0 aliphatic rings. The van der Waals surface area contributed by atoms with Crippen molar-refractivity contribution in [3.05, 3.63) is 65.1 Å². The highest BCUT2D eigenvalue weighted by Crippen LogP contribution is 2.23. The van der Waals surface area contributed by atoms with Crippen LogP contribution in [0.3, 0.4) is 0 Å². The van der Waals surface area contributed by atoms with Crippen LogP contribution in [0, 0.1) is 6.92 Å². The summed E-state index contributed by atoms with van der Waals surface area (Å²) in [5.74, 6) is -1.41. The molecule has 3 aromatic rings. The molecule has 0 spiro atoms. The zero-order valence-electron chi connectivity index (χ0n) is 13.9. The van der Waals surface area contributed by atoms with Crippen molar-refractivity contribution in [1.29, 1.82) is 0 Å². The fourth-order valence-corrected chi connectivity index (χ4v) is 3.29. The molecule has 8 heteroatoms. The number of nitrogens with one attached hydrogen (secondary N) is 1. The molecular formula is C18H16N4O3S. The molecule has 0 saturated carbocycles. The molecule has 1 aromatic carbocycles. The average molecular weight is 368 g/mol. The molecule has 2 aromatic heterocycles. The number of aromatic nitrogens is 3. The molecule has 0 bridgehead atoms. The summed E-state index contributed by atoms with van der Waals surface area (Å²) in [6.45, 7) is 1.88. The largest absolute Gasteiger partial charge is 0.481 e. The first kappa shape index (κ1) is 17.7. The fourth-order valence-electron chi connectivity index (χ4n) is 2.53. The van der Waals surface area contributed by atoms with Crippen molar-refractivity contribution < 1.29 is 14.7 Å². The quantitative estimate of drug-likeness (QED) is 0.693. The van der Waals surface area contributed by atoms with E-state index < -0.39 is 17.9 Å². The summed E-state index contributed by atoms with van der Waals surface area (Å²) in [6.07, 6.45) is 4.47. The molecule has 0 aliphatic carbocycles. The van der Waals surface area contributed by atoms with Gasteiger partial charge < -0.3 is 10.4 Å². The smallest absolute Gasteiger partial charge is 0.305 e. The first-order valence-electron chi connectivity index (χ1n) is 7.84. The van der Waals surface area contributed by atoms with Crippen molar-refractivity contribution in [2.45, 2.75) is 19.4 Å². The van der Waals surface area contributed by atoms with E-state index in [2.05, 4.69) is 20.3 Å². The zero-order valence-corrected chi connectivity index (χ0v) is 14.7. The van der Waals surface area contributed by atoms with Gasteiger partial charge in [-0.1, -0.05) is 24.3 Å². The summed E-state index contributed by atoms with van der Waals surface area (Å²) in [6, 6.07) is 6.74. The number of carbonyl (C=O) groups is 2. The van der Waals surface area contributed by atoms with E-state index in [4.69, 9.17) is 0 Å². The van der Waals surface area contributed by atoms with Crippen molar-refractivity contribution >= 4 is 23.2 Å². The fraction of sp³-hybridized carbons (Fsp3) is 0.167. The van der Waals surface area contributed by atoms with Crippen LogP contribution in [0.5, 0.6) is 0 Å². The molecule has 0 aliphatic heterocycles. The lowest BCUT2D eigenvalue weighted by molar-refractivity contribution is -0.137. The summed E-state index contributed by atoms with van der Waals surface area (Å²) in [7, 11) is 0. The number of aliphatic carboxylic acids is 1. The van der Waals surface area contributed by atoms with Gasteiger partial charge in [-0.2, -0.15) is 0 Å². The standard InChI is InChI=1S/C18H16N4O3S/c1-11-4-2-3-5-12(11)13(8-16(23)24)21-17(25)15-10-26-18(22-15)14-9-19-6-7-20-14/h2-7,9-10,13H,8H2,1H3,(H,21,25)(H,23,24). The van der Waals surface area contributed by atoms with Gasteiger partial charge in [-0.3, -0.25) is 19.6 Å². The van der Waals surface area contributed by atoms with Gasteiger partial charge in [0.05, 0.1) is 18.7 Å². The third-order valence-corrected chi connectivity index (χ3v) is 4.63. The van der Waals surface area contributed by atoms with Crippen molar-refractivity contribution in [3.8, 4) is 10.7 Å². The molecule has 7 nitrogen and oxygen atoms in total.